The third-order valence-corrected chi connectivity index (χ3v) is 37.4. The third-order valence-electron chi connectivity index (χ3n) is 37.4. The molecular formula is C134H164B2N4O2. The maximum absolute atomic E-state index is 8.43. The van der Waals surface area contributed by atoms with Gasteiger partial charge >= 0.3 is 0 Å². The zero-order valence-electron chi connectivity index (χ0n) is 91.2. The molecule has 4 bridgehead atoms. The number of hydrogen-bond donors (Lipinski definition) is 0. The fourth-order valence-electron chi connectivity index (χ4n) is 28.8. The summed E-state index contributed by atoms with van der Waals surface area (Å²) in [6, 6.07) is 78.7. The van der Waals surface area contributed by atoms with Crippen LogP contribution in [0.2, 0.25) is 0 Å². The minimum Gasteiger partial charge on any atom is -0.458 e. The number of hydrogen-bond acceptors (Lipinski definition) is 6. The molecule has 6 atom stereocenters. The Morgan fingerprint density at radius 2 is 0.556 bits per heavy atom. The van der Waals surface area contributed by atoms with Gasteiger partial charge in [-0.05, 0) is 407 Å². The van der Waals surface area contributed by atoms with Gasteiger partial charge in [-0.1, -0.05) is 304 Å². The first-order chi connectivity index (χ1) is 67.3. The van der Waals surface area contributed by atoms with E-state index >= 15 is 0 Å². The summed E-state index contributed by atoms with van der Waals surface area (Å²) in [6.45, 7) is 57.8. The van der Waals surface area contributed by atoms with Crippen LogP contribution in [0.3, 0.4) is 0 Å². The van der Waals surface area contributed by atoms with Gasteiger partial charge < -0.3 is 29.1 Å². The molecule has 0 amide bonds. The van der Waals surface area contributed by atoms with Crippen molar-refractivity contribution in [1.29, 1.82) is 0 Å². The van der Waals surface area contributed by atoms with E-state index in [1.807, 2.05) is 0 Å². The number of ether oxygens (including phenoxy) is 2. The summed E-state index contributed by atoms with van der Waals surface area (Å²) in [5.74, 6) is 9.79. The average molecular weight is 1880 g/mol. The van der Waals surface area contributed by atoms with Crippen molar-refractivity contribution in [1.82, 2.24) is 0 Å². The fraction of sp³-hybridized carbons (Fsp3) is 0.507. The Hall–Kier alpha value is -9.65. The van der Waals surface area contributed by atoms with Gasteiger partial charge in [0.05, 0.1) is 11.4 Å². The summed E-state index contributed by atoms with van der Waals surface area (Å²) in [7, 11) is 0. The van der Waals surface area contributed by atoms with Gasteiger partial charge in [0.1, 0.15) is 23.0 Å². The van der Waals surface area contributed by atoms with E-state index in [0.717, 1.165) is 63.3 Å². The van der Waals surface area contributed by atoms with Crippen molar-refractivity contribution in [3.63, 3.8) is 0 Å². The van der Waals surface area contributed by atoms with Crippen molar-refractivity contribution in [2.45, 2.75) is 412 Å². The maximum Gasteiger partial charge on any atom is 0.260 e. The van der Waals surface area contributed by atoms with E-state index in [1.165, 1.54) is 307 Å². The highest BCUT2D eigenvalue weighted by molar-refractivity contribution is 7.01. The van der Waals surface area contributed by atoms with Gasteiger partial charge in [-0.25, -0.2) is 0 Å². The second-order valence-electron chi connectivity index (χ2n) is 55.7. The van der Waals surface area contributed by atoms with Crippen molar-refractivity contribution in [2.75, 3.05) is 19.6 Å². The molecule has 11 aromatic rings. The highest BCUT2D eigenvalue weighted by atomic mass is 16.5. The molecule has 738 valence electrons. The van der Waals surface area contributed by atoms with Gasteiger partial charge in [0.2, 0.25) is 0 Å². The van der Waals surface area contributed by atoms with Crippen LogP contribution in [-0.2, 0) is 43.3 Å². The molecule has 0 aromatic heterocycles. The number of benzene rings is 11. The van der Waals surface area contributed by atoms with E-state index in [-0.39, 0.29) is 56.7 Å². The van der Waals surface area contributed by atoms with E-state index in [2.05, 4.69) is 368 Å². The largest absolute Gasteiger partial charge is 0.458 e. The van der Waals surface area contributed by atoms with Crippen molar-refractivity contribution in [3.8, 4) is 23.0 Å². The lowest BCUT2D eigenvalue weighted by Gasteiger charge is -2.46. The minimum atomic E-state index is -0.278. The minimum absolute atomic E-state index is 0.137. The number of fused-ring (bicyclic) bond motifs is 12. The lowest BCUT2D eigenvalue weighted by atomic mass is 9.31. The van der Waals surface area contributed by atoms with E-state index in [4.69, 9.17) is 9.47 Å². The maximum atomic E-state index is 8.43. The molecule has 142 heavy (non-hydrogen) atoms. The van der Waals surface area contributed by atoms with Crippen molar-refractivity contribution in [3.05, 3.63) is 260 Å². The van der Waals surface area contributed by atoms with Gasteiger partial charge in [-0.2, -0.15) is 0 Å². The molecule has 8 fully saturated rings. The monoisotopic (exact) mass is 1880 g/mol. The molecule has 23 rings (SSSR count). The van der Waals surface area contributed by atoms with Crippen LogP contribution >= 0.6 is 0 Å². The lowest BCUT2D eigenvalue weighted by molar-refractivity contribution is 0.412. The molecule has 6 unspecified atom stereocenters. The summed E-state index contributed by atoms with van der Waals surface area (Å²) in [4.78, 5) is 11.3. The van der Waals surface area contributed by atoms with E-state index < -0.39 is 0 Å². The van der Waals surface area contributed by atoms with Crippen LogP contribution < -0.4 is 61.9 Å². The predicted octanol–water partition coefficient (Wildman–Crippen LogP) is 35.0. The van der Waals surface area contributed by atoms with Crippen LogP contribution in [0, 0.1) is 23.7 Å². The van der Waals surface area contributed by atoms with Crippen LogP contribution in [-0.4, -0.2) is 13.4 Å². The van der Waals surface area contributed by atoms with Crippen LogP contribution in [0.1, 0.15) is 447 Å². The zero-order chi connectivity index (χ0) is 99.0. The molecule has 12 aliphatic rings. The summed E-state index contributed by atoms with van der Waals surface area (Å²) < 4.78 is 16.4. The van der Waals surface area contributed by atoms with Crippen LogP contribution in [0.5, 0.6) is 23.0 Å². The second kappa shape index (κ2) is 35.0. The normalized spacial score (nSPS) is 21.4. The molecule has 0 spiro atoms. The molecule has 8 aliphatic carbocycles. The first kappa shape index (κ1) is 95.8. The molecule has 11 aromatic carbocycles. The Bertz CT molecular complexity index is 6560. The molecule has 0 N–H and O–H groups in total. The van der Waals surface area contributed by atoms with Crippen molar-refractivity contribution < 1.29 is 9.47 Å². The van der Waals surface area contributed by atoms with Gasteiger partial charge in [-0.3, -0.25) is 0 Å². The van der Waals surface area contributed by atoms with Gasteiger partial charge in [-0.15, -0.1) is 0 Å². The van der Waals surface area contributed by atoms with Gasteiger partial charge in [0, 0.05) is 74.5 Å². The Labute approximate surface area is 856 Å². The molecule has 8 heteroatoms. The molecule has 0 saturated heterocycles. The number of rotatable bonds is 14. The molecule has 6 nitrogen and oxygen atoms in total. The lowest BCUT2D eigenvalue weighted by Crippen LogP contribution is -2.63. The van der Waals surface area contributed by atoms with E-state index in [0.29, 0.717) is 35.5 Å². The van der Waals surface area contributed by atoms with E-state index in [9.17, 15) is 0 Å². The zero-order valence-corrected chi connectivity index (χ0v) is 91.2. The fourth-order valence-corrected chi connectivity index (χ4v) is 28.8. The van der Waals surface area contributed by atoms with Gasteiger partial charge in [0.25, 0.3) is 13.4 Å². The molecule has 8 saturated carbocycles. The average Bonchev–Trinajstić information content (AvgIpc) is 0.818. The molecule has 0 radical (unpaired) electrons. The van der Waals surface area contributed by atoms with Crippen LogP contribution in [0.25, 0.3) is 0 Å². The van der Waals surface area contributed by atoms with Gasteiger partial charge in [0.15, 0.2) is 0 Å². The van der Waals surface area contributed by atoms with Crippen molar-refractivity contribution >= 4 is 114 Å². The smallest absolute Gasteiger partial charge is 0.260 e. The Kier molecular flexibility index (Phi) is 23.7. The predicted molar refractivity (Wildman–Crippen MR) is 608 cm³/mol. The third kappa shape index (κ3) is 17.6. The number of nitrogens with zero attached hydrogens (tertiary/aromatic N) is 4. The van der Waals surface area contributed by atoms with Crippen LogP contribution in [0.15, 0.2) is 182 Å². The highest BCUT2D eigenvalue weighted by Crippen LogP contribution is 2.61. The summed E-state index contributed by atoms with van der Waals surface area (Å²) in [5.41, 5.74) is 40.6. The summed E-state index contributed by atoms with van der Waals surface area (Å²) in [5, 5.41) is 0. The molecule has 4 aliphatic heterocycles. The first-order valence-electron chi connectivity index (χ1n) is 56.6. The topological polar surface area (TPSA) is 31.4 Å². The Morgan fingerprint density at radius 1 is 0.232 bits per heavy atom. The summed E-state index contributed by atoms with van der Waals surface area (Å²) >= 11 is 0. The highest BCUT2D eigenvalue weighted by Gasteiger charge is 2.51. The van der Waals surface area contributed by atoms with Crippen molar-refractivity contribution in [2.24, 2.45) is 23.7 Å². The first-order valence-corrected chi connectivity index (χ1v) is 56.6. The standard InChI is InChI=1S/C134H164B2N4O2/c1-127(2,3)95-47-49-113-117(73-95)139(105-60-91(83-35-27-25-28-36-83)56-92(61-105)84-37-29-26-30-38-84)119-75-109(137(106-67-97(129(7,8)9)64-98(68-106)130(10,11)12)103-58-89(85-39-31-32-40-85)55-90(59-103)86-41-33-34-42-86)76-120-125(119)135(113)115-80-122-116(79-118(115)140(120)108-71-101(133(19,20)21)66-102(72-108)134(22,23)24)136-114-50-48-96(128(4,5)6)74-121(114)141-123-77-110(78-124(142-122)126(123)136)138(107-69-99(131(13,14)15)65-100(70-107)132(16,17)18)104-62-93(111-53-81-43-45-87(111)51-81)57-94(63-104)112-54-82-44-46-88(112)52-82/h47-50,55-88,111-112H,25-46,51-54H2,1-24H3. The number of anilines is 12. The van der Waals surface area contributed by atoms with E-state index in [1.54, 1.807) is 22.3 Å². The van der Waals surface area contributed by atoms with Crippen LogP contribution in [0.4, 0.5) is 68.2 Å². The molecule has 4 heterocycles. The second-order valence-corrected chi connectivity index (χ2v) is 55.7. The quantitative estimate of drug-likeness (QED) is 0.101. The SMILES string of the molecule is CC(C)(C)c1cc(N(c2cc(C3CC4CCC3C4)cc(C3CC4CCC3C4)c2)c2cc3c4c(c2)Oc2cc5c(cc2B4c2ccc(C(C)(C)C)cc2O3)N(c2cc(C(C)(C)C)cc(C(C)(C)C)c2)c2cc(N(c3cc(C4CCCC4)cc(C4CCCC4)c3)c3cc(C(C)(C)C)cc(C(C)(C)C)c3)cc3c2B5c2ccc(C(C)(C)C)cc2N3c2cc(C3CCCCC3)cc(C3CCCCC3)c2)cc(C(C)(C)C)c1. The Balaban J connectivity index is 0.835. The summed E-state index contributed by atoms with van der Waals surface area (Å²) in [6.07, 6.45) is 33.6. The Morgan fingerprint density at radius 3 is 0.951 bits per heavy atom. The molecular weight excluding hydrogens is 1720 g/mol.